The highest BCUT2D eigenvalue weighted by molar-refractivity contribution is 6.42. The van der Waals surface area contributed by atoms with Crippen molar-refractivity contribution in [2.24, 2.45) is 11.8 Å². The molecule has 2 aliphatic heterocycles. The molecule has 7 nitrogen and oxygen atoms in total. The van der Waals surface area contributed by atoms with Crippen molar-refractivity contribution < 1.29 is 23.5 Å². The average Bonchev–Trinajstić information content (AvgIpc) is 3.68. The van der Waals surface area contributed by atoms with Gasteiger partial charge in [0.05, 0.1) is 10.0 Å². The van der Waals surface area contributed by atoms with Crippen molar-refractivity contribution in [2.75, 3.05) is 33.2 Å². The lowest BCUT2D eigenvalue weighted by Gasteiger charge is -2.44. The van der Waals surface area contributed by atoms with Gasteiger partial charge in [-0.25, -0.2) is 9.18 Å². The standard InChI is InChI=1S/C28H30Cl2FN3O4/c1-33(27(37)38-21-7-5-20(31)6-8-21)28(16-32-15-22(28)19-4-9-23(29)24(30)14-19)25(35)17-10-12-34(13-11-17)26(36)18-2-3-18/h4-9,14,17-18,22,32H,2-3,10-13,15-16H2,1H3/t22-,28+/m1/s1. The number of likely N-dealkylation sites (N-methyl/N-ethyl adjacent to an activating group) is 1. The van der Waals surface area contributed by atoms with Crippen molar-refractivity contribution in [3.8, 4) is 5.75 Å². The van der Waals surface area contributed by atoms with Crippen LogP contribution in [0.5, 0.6) is 5.75 Å². The van der Waals surface area contributed by atoms with Crippen LogP contribution in [-0.2, 0) is 9.59 Å². The molecule has 202 valence electrons. The Bertz CT molecular complexity index is 1230. The Balaban J connectivity index is 1.44. The van der Waals surface area contributed by atoms with E-state index in [1.807, 2.05) is 11.0 Å². The molecule has 1 saturated carbocycles. The molecule has 38 heavy (non-hydrogen) atoms. The maximum absolute atomic E-state index is 14.4. The second-order valence-corrected chi connectivity index (χ2v) is 11.2. The summed E-state index contributed by atoms with van der Waals surface area (Å²) in [5.41, 5.74) is -0.484. The van der Waals surface area contributed by atoms with E-state index >= 15 is 0 Å². The summed E-state index contributed by atoms with van der Waals surface area (Å²) in [6.07, 6.45) is 2.24. The highest BCUT2D eigenvalue weighted by Gasteiger charge is 2.56. The minimum absolute atomic E-state index is 0.0735. The predicted molar refractivity (Wildman–Crippen MR) is 142 cm³/mol. The number of hydrogen-bond donors (Lipinski definition) is 1. The third-order valence-electron chi connectivity index (χ3n) is 8.09. The number of carbonyl (C=O) groups excluding carboxylic acids is 3. The van der Waals surface area contributed by atoms with Crippen LogP contribution in [0.3, 0.4) is 0 Å². The largest absolute Gasteiger partial charge is 0.415 e. The van der Waals surface area contributed by atoms with Gasteiger partial charge in [-0.2, -0.15) is 0 Å². The summed E-state index contributed by atoms with van der Waals surface area (Å²) in [7, 11) is 1.56. The van der Waals surface area contributed by atoms with Crippen molar-refractivity contribution in [2.45, 2.75) is 37.1 Å². The van der Waals surface area contributed by atoms with E-state index in [1.165, 1.54) is 29.2 Å². The molecule has 2 amide bonds. The number of benzene rings is 2. The zero-order valence-electron chi connectivity index (χ0n) is 21.1. The molecule has 0 bridgehead atoms. The van der Waals surface area contributed by atoms with Crippen LogP contribution in [0, 0.1) is 17.7 Å². The van der Waals surface area contributed by atoms with Crippen LogP contribution < -0.4 is 10.1 Å². The summed E-state index contributed by atoms with van der Waals surface area (Å²) in [5, 5.41) is 4.07. The van der Waals surface area contributed by atoms with E-state index in [2.05, 4.69) is 5.32 Å². The third kappa shape index (κ3) is 5.14. The minimum atomic E-state index is -1.26. The van der Waals surface area contributed by atoms with Crippen molar-refractivity contribution in [3.05, 3.63) is 63.9 Å². The van der Waals surface area contributed by atoms with Gasteiger partial charge in [0.25, 0.3) is 0 Å². The molecule has 5 rings (SSSR count). The molecule has 2 aromatic carbocycles. The Morgan fingerprint density at radius 1 is 1.00 bits per heavy atom. The van der Waals surface area contributed by atoms with Crippen LogP contribution in [0.1, 0.15) is 37.2 Å². The third-order valence-corrected chi connectivity index (χ3v) is 8.83. The lowest BCUT2D eigenvalue weighted by molar-refractivity contribution is -0.139. The molecular formula is C28H30Cl2FN3O4. The van der Waals surface area contributed by atoms with E-state index in [-0.39, 0.29) is 35.8 Å². The first-order valence-electron chi connectivity index (χ1n) is 12.9. The number of carbonyl (C=O) groups is 3. The topological polar surface area (TPSA) is 79.0 Å². The van der Waals surface area contributed by atoms with Gasteiger partial charge in [-0.1, -0.05) is 29.3 Å². The molecule has 1 aliphatic carbocycles. The van der Waals surface area contributed by atoms with Gasteiger partial charge in [0.2, 0.25) is 5.91 Å². The summed E-state index contributed by atoms with van der Waals surface area (Å²) >= 11 is 12.5. The van der Waals surface area contributed by atoms with E-state index in [0.717, 1.165) is 18.4 Å². The van der Waals surface area contributed by atoms with Gasteiger partial charge in [0, 0.05) is 51.0 Å². The Labute approximate surface area is 231 Å². The van der Waals surface area contributed by atoms with E-state index in [1.54, 1.807) is 19.2 Å². The van der Waals surface area contributed by atoms with Gasteiger partial charge in [0.1, 0.15) is 17.1 Å². The number of piperidine rings is 1. The molecule has 2 atom stereocenters. The number of hydrogen-bond acceptors (Lipinski definition) is 5. The summed E-state index contributed by atoms with van der Waals surface area (Å²) in [6.45, 7) is 1.72. The summed E-state index contributed by atoms with van der Waals surface area (Å²) in [6, 6.07) is 10.4. The molecule has 3 aliphatic rings. The molecule has 0 unspecified atom stereocenters. The number of Topliss-reactive ketones (excluding diaryl/α,β-unsaturated/α-hetero) is 1. The molecule has 3 fully saturated rings. The average molecular weight is 562 g/mol. The molecule has 2 saturated heterocycles. The fourth-order valence-corrected chi connectivity index (χ4v) is 6.04. The summed E-state index contributed by atoms with van der Waals surface area (Å²) in [4.78, 5) is 43.6. The van der Waals surface area contributed by atoms with Crippen molar-refractivity contribution in [1.29, 1.82) is 0 Å². The van der Waals surface area contributed by atoms with Gasteiger partial charge in [-0.3, -0.25) is 14.5 Å². The van der Waals surface area contributed by atoms with E-state index in [4.69, 9.17) is 27.9 Å². The van der Waals surface area contributed by atoms with Crippen LogP contribution in [0.4, 0.5) is 9.18 Å². The predicted octanol–water partition coefficient (Wildman–Crippen LogP) is 4.91. The number of nitrogens with zero attached hydrogens (tertiary/aromatic N) is 2. The first-order valence-corrected chi connectivity index (χ1v) is 13.7. The van der Waals surface area contributed by atoms with Crippen LogP contribution in [0.15, 0.2) is 42.5 Å². The number of likely N-dealkylation sites (tertiary alicyclic amines) is 1. The van der Waals surface area contributed by atoms with E-state index < -0.39 is 23.4 Å². The van der Waals surface area contributed by atoms with Gasteiger partial charge in [-0.15, -0.1) is 0 Å². The lowest BCUT2D eigenvalue weighted by atomic mass is 9.72. The number of ketones is 1. The fourth-order valence-electron chi connectivity index (χ4n) is 5.74. The van der Waals surface area contributed by atoms with E-state index in [9.17, 15) is 18.8 Å². The Kier molecular flexibility index (Phi) is 7.67. The first kappa shape index (κ1) is 26.9. The number of halogens is 3. The van der Waals surface area contributed by atoms with Crippen LogP contribution in [0.2, 0.25) is 10.0 Å². The summed E-state index contributed by atoms with van der Waals surface area (Å²) in [5.74, 6) is -0.770. The molecule has 2 heterocycles. The molecule has 2 aromatic rings. The monoisotopic (exact) mass is 561 g/mol. The smallest absolute Gasteiger partial charge is 0.410 e. The van der Waals surface area contributed by atoms with Crippen molar-refractivity contribution in [3.63, 3.8) is 0 Å². The van der Waals surface area contributed by atoms with Gasteiger partial charge >= 0.3 is 6.09 Å². The van der Waals surface area contributed by atoms with Gasteiger partial charge < -0.3 is 15.0 Å². The molecule has 0 aromatic heterocycles. The Morgan fingerprint density at radius 2 is 1.68 bits per heavy atom. The highest BCUT2D eigenvalue weighted by atomic mass is 35.5. The lowest BCUT2D eigenvalue weighted by Crippen LogP contribution is -2.62. The van der Waals surface area contributed by atoms with Gasteiger partial charge in [-0.05, 0) is 67.6 Å². The number of amides is 2. The van der Waals surface area contributed by atoms with Crippen molar-refractivity contribution >= 4 is 41.0 Å². The zero-order chi connectivity index (χ0) is 27.0. The highest BCUT2D eigenvalue weighted by Crippen LogP contribution is 2.42. The van der Waals surface area contributed by atoms with Crippen LogP contribution in [-0.4, -0.2) is 66.3 Å². The zero-order valence-corrected chi connectivity index (χ0v) is 22.6. The number of rotatable bonds is 6. The number of nitrogens with one attached hydrogen (secondary N) is 1. The molecule has 0 spiro atoms. The second kappa shape index (κ2) is 10.8. The van der Waals surface area contributed by atoms with Crippen LogP contribution in [0.25, 0.3) is 0 Å². The molecule has 1 N–H and O–H groups in total. The van der Waals surface area contributed by atoms with Crippen LogP contribution >= 0.6 is 23.2 Å². The Morgan fingerprint density at radius 3 is 2.32 bits per heavy atom. The maximum Gasteiger partial charge on any atom is 0.415 e. The Hall–Kier alpha value is -2.68. The quantitative estimate of drug-likeness (QED) is 0.542. The second-order valence-electron chi connectivity index (χ2n) is 10.4. The first-order chi connectivity index (χ1) is 18.2. The SMILES string of the molecule is CN(C(=O)Oc1ccc(F)cc1)[C@@]1(C(=O)C2CCN(C(=O)C3CC3)CC2)CNC[C@@H]1c1ccc(Cl)c(Cl)c1. The van der Waals surface area contributed by atoms with E-state index in [0.29, 0.717) is 42.5 Å². The molecule has 10 heteroatoms. The van der Waals surface area contributed by atoms with Crippen molar-refractivity contribution in [1.82, 2.24) is 15.1 Å². The normalized spacial score (nSPS) is 23.8. The summed E-state index contributed by atoms with van der Waals surface area (Å²) < 4.78 is 18.9. The molecular weight excluding hydrogens is 532 g/mol. The fraction of sp³-hybridized carbons (Fsp3) is 0.464. The maximum atomic E-state index is 14.4. The molecule has 0 radical (unpaired) electrons. The minimum Gasteiger partial charge on any atom is -0.410 e. The number of ether oxygens (including phenoxy) is 1. The van der Waals surface area contributed by atoms with Gasteiger partial charge in [0.15, 0.2) is 5.78 Å².